The van der Waals surface area contributed by atoms with Crippen LogP contribution in [0.1, 0.15) is 24.8 Å². The molecule has 0 unspecified atom stereocenters. The Kier molecular flexibility index (Phi) is 4.79. The topological polar surface area (TPSA) is 69.6 Å². The third-order valence-corrected chi connectivity index (χ3v) is 5.57. The SMILES string of the molecule is CC(=O)N1CCC(C(=O)N2CCN(c3nnc(C)s3)CC2)CC1. The van der Waals surface area contributed by atoms with Crippen LogP contribution in [0.3, 0.4) is 0 Å². The van der Waals surface area contributed by atoms with Crippen molar-refractivity contribution >= 4 is 28.3 Å². The minimum Gasteiger partial charge on any atom is -0.343 e. The predicted molar refractivity (Wildman–Crippen MR) is 88.4 cm³/mol. The van der Waals surface area contributed by atoms with Crippen LogP contribution in [0.25, 0.3) is 0 Å². The first-order valence-corrected chi connectivity index (χ1v) is 8.95. The van der Waals surface area contributed by atoms with Gasteiger partial charge >= 0.3 is 0 Å². The number of piperidine rings is 1. The van der Waals surface area contributed by atoms with Crippen molar-refractivity contribution in [2.45, 2.75) is 26.7 Å². The van der Waals surface area contributed by atoms with E-state index in [1.807, 2.05) is 16.7 Å². The minimum atomic E-state index is 0.0703. The van der Waals surface area contributed by atoms with Crippen LogP contribution in [0.15, 0.2) is 0 Å². The molecular weight excluding hydrogens is 314 g/mol. The maximum absolute atomic E-state index is 12.7. The fourth-order valence-electron chi connectivity index (χ4n) is 3.23. The smallest absolute Gasteiger partial charge is 0.225 e. The van der Waals surface area contributed by atoms with Crippen LogP contribution >= 0.6 is 11.3 Å². The molecule has 2 aliphatic heterocycles. The monoisotopic (exact) mass is 337 g/mol. The third-order valence-electron chi connectivity index (χ3n) is 4.67. The fraction of sp³-hybridized carbons (Fsp3) is 0.733. The van der Waals surface area contributed by atoms with Crippen molar-refractivity contribution in [1.82, 2.24) is 20.0 Å². The van der Waals surface area contributed by atoms with Gasteiger partial charge in [0.1, 0.15) is 5.01 Å². The molecule has 2 saturated heterocycles. The average Bonchev–Trinajstić information content (AvgIpc) is 3.01. The van der Waals surface area contributed by atoms with Crippen LogP contribution < -0.4 is 4.90 Å². The van der Waals surface area contributed by atoms with Crippen molar-refractivity contribution in [2.24, 2.45) is 5.92 Å². The lowest BCUT2D eigenvalue weighted by atomic mass is 9.95. The lowest BCUT2D eigenvalue weighted by Crippen LogP contribution is -2.52. The van der Waals surface area contributed by atoms with Gasteiger partial charge in [0.2, 0.25) is 16.9 Å². The molecule has 0 radical (unpaired) electrons. The molecule has 1 aromatic rings. The van der Waals surface area contributed by atoms with Gasteiger partial charge in [-0.25, -0.2) is 0 Å². The van der Waals surface area contributed by atoms with E-state index < -0.39 is 0 Å². The van der Waals surface area contributed by atoms with Crippen molar-refractivity contribution in [3.05, 3.63) is 5.01 Å². The van der Waals surface area contributed by atoms with E-state index in [1.54, 1.807) is 18.3 Å². The van der Waals surface area contributed by atoms with Crippen molar-refractivity contribution in [1.29, 1.82) is 0 Å². The zero-order valence-corrected chi connectivity index (χ0v) is 14.5. The number of piperazine rings is 1. The summed E-state index contributed by atoms with van der Waals surface area (Å²) in [6.07, 6.45) is 1.57. The van der Waals surface area contributed by atoms with Gasteiger partial charge < -0.3 is 14.7 Å². The Balaban J connectivity index is 1.50. The Morgan fingerprint density at radius 2 is 1.65 bits per heavy atom. The third kappa shape index (κ3) is 3.63. The highest BCUT2D eigenvalue weighted by atomic mass is 32.1. The molecule has 8 heteroatoms. The number of amides is 2. The van der Waals surface area contributed by atoms with Gasteiger partial charge in [-0.3, -0.25) is 9.59 Å². The number of rotatable bonds is 2. The lowest BCUT2D eigenvalue weighted by Gasteiger charge is -2.38. The molecule has 1 aromatic heterocycles. The molecule has 2 fully saturated rings. The second-order valence-corrected chi connectivity index (χ2v) is 7.36. The van der Waals surface area contributed by atoms with Crippen LogP contribution in [0.4, 0.5) is 5.13 Å². The number of hydrogen-bond acceptors (Lipinski definition) is 6. The number of nitrogens with zero attached hydrogens (tertiary/aromatic N) is 5. The van der Waals surface area contributed by atoms with Gasteiger partial charge in [-0.2, -0.15) is 0 Å². The summed E-state index contributed by atoms with van der Waals surface area (Å²) in [6, 6.07) is 0. The predicted octanol–water partition coefficient (Wildman–Crippen LogP) is 0.754. The highest BCUT2D eigenvalue weighted by molar-refractivity contribution is 7.15. The number of likely N-dealkylation sites (tertiary alicyclic amines) is 1. The number of aromatic nitrogens is 2. The van der Waals surface area contributed by atoms with Gasteiger partial charge in [0.05, 0.1) is 0 Å². The van der Waals surface area contributed by atoms with E-state index in [0.29, 0.717) is 13.1 Å². The molecule has 0 aromatic carbocycles. The Bertz CT molecular complexity index is 574. The lowest BCUT2D eigenvalue weighted by molar-refractivity contribution is -0.140. The van der Waals surface area contributed by atoms with E-state index in [2.05, 4.69) is 15.1 Å². The summed E-state index contributed by atoms with van der Waals surface area (Å²) < 4.78 is 0. The number of aryl methyl sites for hydroxylation is 1. The number of anilines is 1. The summed E-state index contributed by atoms with van der Waals surface area (Å²) in [6.45, 7) is 8.06. The molecule has 3 rings (SSSR count). The Labute approximate surface area is 140 Å². The largest absolute Gasteiger partial charge is 0.343 e. The van der Waals surface area contributed by atoms with Gasteiger partial charge in [0, 0.05) is 52.1 Å². The highest BCUT2D eigenvalue weighted by Gasteiger charge is 2.31. The Morgan fingerprint density at radius 1 is 1.00 bits per heavy atom. The molecule has 23 heavy (non-hydrogen) atoms. The second kappa shape index (κ2) is 6.82. The molecule has 7 nitrogen and oxygen atoms in total. The molecule has 126 valence electrons. The van der Waals surface area contributed by atoms with E-state index >= 15 is 0 Å². The molecule has 0 atom stereocenters. The van der Waals surface area contributed by atoms with Crippen LogP contribution in [-0.2, 0) is 9.59 Å². The standard InChI is InChI=1S/C15H23N5O2S/c1-11-16-17-15(23-11)20-9-7-19(8-10-20)14(22)13-3-5-18(6-4-13)12(2)21/h13H,3-10H2,1-2H3. The Morgan fingerprint density at radius 3 is 2.17 bits per heavy atom. The van der Waals surface area contributed by atoms with Crippen LogP contribution in [0.5, 0.6) is 0 Å². The fourth-order valence-corrected chi connectivity index (χ4v) is 3.97. The second-order valence-electron chi connectivity index (χ2n) is 6.20. The van der Waals surface area contributed by atoms with Crippen LogP contribution in [0, 0.1) is 12.8 Å². The Hall–Kier alpha value is -1.70. The number of carbonyl (C=O) groups excluding carboxylic acids is 2. The first-order valence-electron chi connectivity index (χ1n) is 8.14. The maximum atomic E-state index is 12.7. The van der Waals surface area contributed by atoms with Crippen molar-refractivity contribution < 1.29 is 9.59 Å². The molecule has 3 heterocycles. The number of hydrogen-bond donors (Lipinski definition) is 0. The van der Waals surface area contributed by atoms with E-state index in [4.69, 9.17) is 0 Å². The van der Waals surface area contributed by atoms with Crippen LogP contribution in [0.2, 0.25) is 0 Å². The molecule has 0 aliphatic carbocycles. The zero-order valence-electron chi connectivity index (χ0n) is 13.7. The van der Waals surface area contributed by atoms with E-state index in [9.17, 15) is 9.59 Å². The minimum absolute atomic E-state index is 0.0703. The van der Waals surface area contributed by atoms with Crippen molar-refractivity contribution in [3.63, 3.8) is 0 Å². The summed E-state index contributed by atoms with van der Waals surface area (Å²) in [5, 5.41) is 10.1. The van der Waals surface area contributed by atoms with Gasteiger partial charge in [0.25, 0.3) is 0 Å². The quantitative estimate of drug-likeness (QED) is 0.797. The van der Waals surface area contributed by atoms with E-state index in [0.717, 1.165) is 49.2 Å². The number of carbonyl (C=O) groups is 2. The summed E-state index contributed by atoms with van der Waals surface area (Å²) >= 11 is 1.60. The summed E-state index contributed by atoms with van der Waals surface area (Å²) in [7, 11) is 0. The normalized spacial score (nSPS) is 20.0. The summed E-state index contributed by atoms with van der Waals surface area (Å²) in [5.74, 6) is 0.430. The van der Waals surface area contributed by atoms with Crippen molar-refractivity contribution in [2.75, 3.05) is 44.2 Å². The van der Waals surface area contributed by atoms with Gasteiger partial charge in [-0.1, -0.05) is 11.3 Å². The summed E-state index contributed by atoms with van der Waals surface area (Å²) in [4.78, 5) is 30.0. The molecule has 2 amide bonds. The average molecular weight is 337 g/mol. The van der Waals surface area contributed by atoms with Gasteiger partial charge in [0.15, 0.2) is 0 Å². The first-order chi connectivity index (χ1) is 11.0. The van der Waals surface area contributed by atoms with Crippen molar-refractivity contribution in [3.8, 4) is 0 Å². The van der Waals surface area contributed by atoms with Gasteiger partial charge in [-0.15, -0.1) is 10.2 Å². The first kappa shape index (κ1) is 16.2. The molecule has 0 bridgehead atoms. The zero-order chi connectivity index (χ0) is 16.4. The van der Waals surface area contributed by atoms with Crippen LogP contribution in [-0.4, -0.2) is 71.1 Å². The summed E-state index contributed by atoms with van der Waals surface area (Å²) in [5.41, 5.74) is 0. The molecular formula is C15H23N5O2S. The molecule has 0 spiro atoms. The highest BCUT2D eigenvalue weighted by Crippen LogP contribution is 2.23. The molecule has 2 aliphatic rings. The molecule has 0 saturated carbocycles. The molecule has 0 N–H and O–H groups in total. The van der Waals surface area contributed by atoms with Gasteiger partial charge in [-0.05, 0) is 19.8 Å². The maximum Gasteiger partial charge on any atom is 0.225 e. The van der Waals surface area contributed by atoms with E-state index in [1.165, 1.54) is 0 Å². The van der Waals surface area contributed by atoms with E-state index in [-0.39, 0.29) is 17.7 Å².